The van der Waals surface area contributed by atoms with Gasteiger partial charge in [0.05, 0.1) is 16.9 Å². The van der Waals surface area contributed by atoms with E-state index < -0.39 is 11.0 Å². The van der Waals surface area contributed by atoms with E-state index in [-0.39, 0.29) is 11.7 Å². The number of halogens is 1. The summed E-state index contributed by atoms with van der Waals surface area (Å²) in [6.45, 7) is 3.83. The van der Waals surface area contributed by atoms with Gasteiger partial charge in [-0.3, -0.25) is 4.79 Å². The van der Waals surface area contributed by atoms with Crippen LogP contribution in [0, 0.1) is 5.92 Å². The fourth-order valence-electron chi connectivity index (χ4n) is 3.54. The van der Waals surface area contributed by atoms with E-state index in [1.165, 1.54) is 5.56 Å². The van der Waals surface area contributed by atoms with E-state index >= 15 is 0 Å². The van der Waals surface area contributed by atoms with Crippen molar-refractivity contribution in [3.05, 3.63) is 33.8 Å². The minimum Gasteiger partial charge on any atom is -0.389 e. The van der Waals surface area contributed by atoms with Gasteiger partial charge in [0.15, 0.2) is 0 Å². The summed E-state index contributed by atoms with van der Waals surface area (Å²) < 4.78 is 1.04. The van der Waals surface area contributed by atoms with Crippen LogP contribution in [0.1, 0.15) is 37.8 Å². The number of rotatable bonds is 0. The predicted molar refractivity (Wildman–Crippen MR) is 73.6 cm³/mol. The zero-order chi connectivity index (χ0) is 13.1. The molecule has 2 bridgehead atoms. The number of benzene rings is 1. The Morgan fingerprint density at radius 2 is 2.06 bits per heavy atom. The monoisotopic (exact) mass is 308 g/mol. The fraction of sp³-hybridized carbons (Fsp3) is 0.533. The average Bonchev–Trinajstić information content (AvgIpc) is 2.29. The Labute approximate surface area is 116 Å². The van der Waals surface area contributed by atoms with Crippen LogP contribution in [0.5, 0.6) is 0 Å². The second kappa shape index (κ2) is 3.67. The van der Waals surface area contributed by atoms with Gasteiger partial charge >= 0.3 is 0 Å². The summed E-state index contributed by atoms with van der Waals surface area (Å²) in [6, 6.07) is 6.16. The summed E-state index contributed by atoms with van der Waals surface area (Å²) in [5, 5.41) is 10.4. The first-order valence-corrected chi connectivity index (χ1v) is 7.19. The Balaban J connectivity index is 2.20. The van der Waals surface area contributed by atoms with Crippen molar-refractivity contribution in [3.63, 3.8) is 0 Å². The molecule has 96 valence electrons. The number of carbonyl (C=O) groups excluding carboxylic acids is 1. The van der Waals surface area contributed by atoms with Crippen LogP contribution >= 0.6 is 15.9 Å². The molecule has 0 aliphatic heterocycles. The highest BCUT2D eigenvalue weighted by atomic mass is 79.9. The lowest BCUT2D eigenvalue weighted by atomic mass is 9.55. The molecule has 3 heteroatoms. The van der Waals surface area contributed by atoms with E-state index in [1.807, 2.05) is 13.0 Å². The molecule has 2 nitrogen and oxygen atoms in total. The van der Waals surface area contributed by atoms with Gasteiger partial charge in [-0.05, 0) is 56.4 Å². The highest BCUT2D eigenvalue weighted by molar-refractivity contribution is 9.10. The van der Waals surface area contributed by atoms with Gasteiger partial charge in [-0.25, -0.2) is 0 Å². The number of hydrogen-bond acceptors (Lipinski definition) is 2. The van der Waals surface area contributed by atoms with Crippen LogP contribution in [0.15, 0.2) is 22.7 Å². The molecule has 1 saturated carbocycles. The zero-order valence-corrected chi connectivity index (χ0v) is 12.3. The first-order valence-electron chi connectivity index (χ1n) is 6.40. The molecule has 1 fully saturated rings. The molecule has 0 aromatic heterocycles. The second-order valence-electron chi connectivity index (χ2n) is 6.11. The number of carbonyl (C=O) groups is 1. The Kier molecular flexibility index (Phi) is 2.52. The maximum absolute atomic E-state index is 12.6. The standard InChI is InChI=1S/C15H17BrO2/c1-14-5-6-15(2,18)12(13(14)17)8-9-7-10(16)3-4-11(9)14/h3-4,7,12,18H,5-6,8H2,1-2H3/t12-,14+,15-/m0/s1. The Morgan fingerprint density at radius 3 is 2.78 bits per heavy atom. The molecule has 0 heterocycles. The first-order chi connectivity index (χ1) is 8.34. The van der Waals surface area contributed by atoms with Gasteiger partial charge in [0.1, 0.15) is 5.78 Å². The van der Waals surface area contributed by atoms with Gasteiger partial charge in [0.2, 0.25) is 0 Å². The molecule has 0 unspecified atom stereocenters. The largest absolute Gasteiger partial charge is 0.389 e. The highest BCUT2D eigenvalue weighted by Crippen LogP contribution is 2.49. The normalized spacial score (nSPS) is 38.4. The van der Waals surface area contributed by atoms with Crippen LogP contribution in [0.2, 0.25) is 0 Å². The molecular weight excluding hydrogens is 292 g/mol. The van der Waals surface area contributed by atoms with E-state index in [2.05, 4.69) is 28.1 Å². The number of hydrogen-bond donors (Lipinski definition) is 1. The Hall–Kier alpha value is -0.670. The van der Waals surface area contributed by atoms with E-state index in [4.69, 9.17) is 0 Å². The lowest BCUT2D eigenvalue weighted by Crippen LogP contribution is -2.56. The summed E-state index contributed by atoms with van der Waals surface area (Å²) in [5.41, 5.74) is 1.11. The molecule has 0 amide bonds. The SMILES string of the molecule is C[C@@]12CC[C@](C)(O)[C@@H](Cc3cc(Br)ccc31)C2=O. The third kappa shape index (κ3) is 1.53. The van der Waals surface area contributed by atoms with Crippen LogP contribution in [0.3, 0.4) is 0 Å². The smallest absolute Gasteiger partial charge is 0.149 e. The Morgan fingerprint density at radius 1 is 1.33 bits per heavy atom. The average molecular weight is 309 g/mol. The fourth-order valence-corrected chi connectivity index (χ4v) is 3.95. The van der Waals surface area contributed by atoms with Crippen LogP contribution in [0.4, 0.5) is 0 Å². The molecule has 3 rings (SSSR count). The van der Waals surface area contributed by atoms with Crippen molar-refractivity contribution in [3.8, 4) is 0 Å². The Bertz CT molecular complexity index is 535. The maximum atomic E-state index is 12.6. The van der Waals surface area contributed by atoms with Gasteiger partial charge in [-0.15, -0.1) is 0 Å². The van der Waals surface area contributed by atoms with Crippen molar-refractivity contribution < 1.29 is 9.90 Å². The van der Waals surface area contributed by atoms with Gasteiger partial charge in [0, 0.05) is 4.47 Å². The quantitative estimate of drug-likeness (QED) is 0.800. The molecule has 1 aromatic carbocycles. The highest BCUT2D eigenvalue weighted by Gasteiger charge is 2.54. The summed E-state index contributed by atoms with van der Waals surface area (Å²) >= 11 is 3.48. The molecule has 0 radical (unpaired) electrons. The lowest BCUT2D eigenvalue weighted by molar-refractivity contribution is -0.145. The van der Waals surface area contributed by atoms with E-state index in [0.29, 0.717) is 12.8 Å². The number of fused-ring (bicyclic) bond motifs is 4. The molecular formula is C15H17BrO2. The molecule has 1 aromatic rings. The van der Waals surface area contributed by atoms with Crippen LogP contribution in [-0.4, -0.2) is 16.5 Å². The molecule has 18 heavy (non-hydrogen) atoms. The molecule has 0 spiro atoms. The molecule has 3 atom stereocenters. The minimum absolute atomic E-state index is 0.216. The molecule has 1 N–H and O–H groups in total. The summed E-state index contributed by atoms with van der Waals surface area (Å²) in [5.74, 6) is -0.0355. The molecule has 0 saturated heterocycles. The van der Waals surface area contributed by atoms with Crippen LogP contribution < -0.4 is 0 Å². The summed E-state index contributed by atoms with van der Waals surface area (Å²) in [7, 11) is 0. The van der Waals surface area contributed by atoms with Crippen molar-refractivity contribution in [2.45, 2.75) is 44.1 Å². The molecule has 2 aliphatic rings. The number of Topliss-reactive ketones (excluding diaryl/α,β-unsaturated/α-hetero) is 1. The third-order valence-electron chi connectivity index (χ3n) is 4.83. The summed E-state index contributed by atoms with van der Waals surface area (Å²) in [4.78, 5) is 12.6. The second-order valence-corrected chi connectivity index (χ2v) is 7.03. The van der Waals surface area contributed by atoms with Crippen molar-refractivity contribution in [2.75, 3.05) is 0 Å². The number of ketones is 1. The van der Waals surface area contributed by atoms with Crippen molar-refractivity contribution in [1.29, 1.82) is 0 Å². The third-order valence-corrected chi connectivity index (χ3v) is 5.32. The molecule has 2 aliphatic carbocycles. The van der Waals surface area contributed by atoms with E-state index in [9.17, 15) is 9.90 Å². The maximum Gasteiger partial charge on any atom is 0.149 e. The first kappa shape index (κ1) is 12.4. The topological polar surface area (TPSA) is 37.3 Å². The van der Waals surface area contributed by atoms with E-state index in [1.54, 1.807) is 6.92 Å². The minimum atomic E-state index is -0.851. The van der Waals surface area contributed by atoms with Crippen molar-refractivity contribution in [2.24, 2.45) is 5.92 Å². The van der Waals surface area contributed by atoms with Gasteiger partial charge in [-0.2, -0.15) is 0 Å². The van der Waals surface area contributed by atoms with E-state index in [0.717, 1.165) is 16.5 Å². The zero-order valence-electron chi connectivity index (χ0n) is 10.7. The van der Waals surface area contributed by atoms with Gasteiger partial charge in [-0.1, -0.05) is 22.0 Å². The van der Waals surface area contributed by atoms with Gasteiger partial charge in [0.25, 0.3) is 0 Å². The lowest BCUT2D eigenvalue weighted by Gasteiger charge is -2.49. The van der Waals surface area contributed by atoms with Crippen LogP contribution in [-0.2, 0) is 16.6 Å². The van der Waals surface area contributed by atoms with Crippen molar-refractivity contribution >= 4 is 21.7 Å². The number of aliphatic hydroxyl groups is 1. The van der Waals surface area contributed by atoms with Crippen LogP contribution in [0.25, 0.3) is 0 Å². The van der Waals surface area contributed by atoms with Crippen molar-refractivity contribution in [1.82, 2.24) is 0 Å². The van der Waals surface area contributed by atoms with Gasteiger partial charge < -0.3 is 5.11 Å². The predicted octanol–water partition coefficient (Wildman–Crippen LogP) is 2.99. The summed E-state index contributed by atoms with van der Waals surface area (Å²) in [6.07, 6.45) is 2.11.